The molecule has 0 radical (unpaired) electrons. The summed E-state index contributed by atoms with van der Waals surface area (Å²) in [6, 6.07) is -13.8. The Morgan fingerprint density at radius 2 is 1.00 bits per heavy atom. The third-order valence-corrected chi connectivity index (χ3v) is 28.1. The number of allylic oxidation sites excluding steroid dienone is 6. The second-order valence-electron chi connectivity index (χ2n) is 41.1. The van der Waals surface area contributed by atoms with Gasteiger partial charge < -0.3 is 104 Å². The van der Waals surface area contributed by atoms with Crippen molar-refractivity contribution in [3.05, 3.63) is 36.0 Å². The van der Waals surface area contributed by atoms with E-state index in [1.807, 2.05) is 55.4 Å². The molecule has 4 aliphatic carbocycles. The monoisotopic (exact) mass is 1980 g/mol. The van der Waals surface area contributed by atoms with Gasteiger partial charge in [-0.1, -0.05) is 135 Å². The minimum absolute atomic E-state index is 0.00761. The highest BCUT2D eigenvalue weighted by Crippen LogP contribution is 2.71. The summed E-state index contributed by atoms with van der Waals surface area (Å²) < 4.78 is 60.5. The fraction of sp³-hybridized carbons (Fsp3) is 0.760. The lowest BCUT2D eigenvalue weighted by Gasteiger charge is -2.62. The SMILES string of the molecule is C/C=C/C[C@@H](C)C(OC(=O)OCOC(=O)CCC(=O)OCCOCCOCCOC(=O)CCC(=O)OCC(=O)[C@@]1(O)[C@H](C)CC2C3CCC4=CC(=O)C=C[C@]4(C)[C@@]3(F)[C@@H](O)C[C@@]21C)C1C(=O)NC(CC)C(=O)N(C)CC(=O)N(C)[C@@H](CC(C)C)C(=O)NC(C(C)C)C(=O)N(C)C(CC(C)C)C(=O)NC(C)C(=O)NC(C)C(=O)N(C)C(CC(C)C)C(=O)N(C)C(CC(C)C)C(=O)N(C)C(C(C)C)C(=O)N1C. The molecule has 4 fully saturated rings. The number of carbonyl (C=O) groups excluding carboxylic acids is 18. The Morgan fingerprint density at radius 1 is 0.529 bits per heavy atom. The Balaban J connectivity index is 1.28. The number of alkyl halides is 1. The summed E-state index contributed by atoms with van der Waals surface area (Å²) >= 11 is 0. The predicted molar refractivity (Wildman–Crippen MR) is 511 cm³/mol. The molecular formula is C100H160FN11O28. The molecule has 3 saturated carbocycles. The topological polar surface area (TPSA) is 492 Å². The smallest absolute Gasteiger partial charge is 0.463 e. The van der Waals surface area contributed by atoms with Crippen molar-refractivity contribution in [3.8, 4) is 0 Å². The van der Waals surface area contributed by atoms with Crippen LogP contribution in [0.2, 0.25) is 0 Å². The molecule has 0 spiro atoms. The van der Waals surface area contributed by atoms with Gasteiger partial charge in [0.05, 0.1) is 64.8 Å². The van der Waals surface area contributed by atoms with E-state index >= 15 is 23.6 Å². The minimum Gasteiger partial charge on any atom is -0.463 e. The van der Waals surface area contributed by atoms with Crippen LogP contribution in [-0.2, 0) is 119 Å². The quantitative estimate of drug-likeness (QED) is 0.0136. The number of fused-ring (bicyclic) bond motifs is 5. The van der Waals surface area contributed by atoms with Crippen molar-refractivity contribution < 1.29 is 139 Å². The Kier molecular flexibility index (Phi) is 46.0. The Hall–Kier alpha value is -10.3. The third-order valence-electron chi connectivity index (χ3n) is 28.1. The van der Waals surface area contributed by atoms with Gasteiger partial charge in [0.1, 0.15) is 85.3 Å². The molecule has 0 aromatic heterocycles. The molecule has 20 atom stereocenters. The third kappa shape index (κ3) is 30.4. The van der Waals surface area contributed by atoms with Crippen molar-refractivity contribution in [2.24, 2.45) is 70.0 Å². The van der Waals surface area contributed by atoms with Crippen LogP contribution < -0.4 is 21.3 Å². The first-order chi connectivity index (χ1) is 65.3. The molecule has 12 unspecified atom stereocenters. The Labute approximate surface area is 824 Å². The summed E-state index contributed by atoms with van der Waals surface area (Å²) in [7, 11) is 9.40. The maximum Gasteiger partial charge on any atom is 0.511 e. The van der Waals surface area contributed by atoms with E-state index in [0.717, 1.165) is 19.6 Å². The second-order valence-corrected chi connectivity index (χ2v) is 41.1. The van der Waals surface area contributed by atoms with E-state index in [1.165, 1.54) is 96.1 Å². The number of nitrogens with one attached hydrogen (secondary N) is 4. The van der Waals surface area contributed by atoms with Gasteiger partial charge in [-0.05, 0) is 157 Å². The summed E-state index contributed by atoms with van der Waals surface area (Å²) in [6.45, 7) is 30.6. The normalized spacial score (nSPS) is 29.0. The van der Waals surface area contributed by atoms with Crippen molar-refractivity contribution in [1.29, 1.82) is 0 Å². The highest BCUT2D eigenvalue weighted by molar-refractivity contribution is 6.02. The molecule has 5 rings (SSSR count). The Bertz CT molecular complexity index is 4460. The number of likely N-dealkylation sites (N-methyl/N-ethyl adjacent to an activating group) is 7. The molecule has 11 amide bonds. The standard InChI is InChI=1S/C100H160FN11O28/c1-28-30-31-62(15)85(140-96(131)139-55-138-81(120)37-35-79(118)136-45-43-134-41-40-133-42-44-135-78(117)34-36-80(119)137-54-76(115)100(132)63(16)50-69-68-33-32-66-51-67(113)38-39-97(66,19)99(68,101)75(114)52-98(69,100)20)84-89(124)104-70(29-2)91(126)106(21)53-77(116)107(22)71(46-56(3)4)88(123)105-82(60(11)12)94(129)108(23)72(47-57(5)6)87(122)102-64(17)86(121)103-65(18)90(125)109(24)73(48-58(7)8)92(127)110(25)74(49-59(9)10)93(128)111(26)83(61(13)14)95(130)112(84)27/h28,30,38-39,51,56-65,68-75,82-85,114,132H,29,31-37,40-50,52-55H2,1-27H3,(H,102,122)(H,103,121)(H,104,124)(H,105,123)/b30-28+/t62-,63-,64?,65?,68?,69?,70?,71+,72?,73?,74?,75+,82?,83?,84?,85?,97+,98+,99+,100+/m1/s1. The van der Waals surface area contributed by atoms with E-state index in [4.69, 9.17) is 37.9 Å². The van der Waals surface area contributed by atoms with Crippen LogP contribution >= 0.6 is 0 Å². The molecule has 40 heteroatoms. The van der Waals surface area contributed by atoms with Crippen molar-refractivity contribution in [1.82, 2.24) is 55.6 Å². The first kappa shape index (κ1) is 120. The van der Waals surface area contributed by atoms with Crippen LogP contribution in [0.4, 0.5) is 9.18 Å². The summed E-state index contributed by atoms with van der Waals surface area (Å²) in [6.07, 6.45) is 1.66. The van der Waals surface area contributed by atoms with Crippen LogP contribution in [0.15, 0.2) is 36.0 Å². The molecule has 790 valence electrons. The fourth-order valence-corrected chi connectivity index (χ4v) is 20.0. The van der Waals surface area contributed by atoms with E-state index in [2.05, 4.69) is 21.3 Å². The minimum atomic E-state index is -2.18. The first-order valence-electron chi connectivity index (χ1n) is 49.1. The fourth-order valence-electron chi connectivity index (χ4n) is 20.0. The first-order valence-corrected chi connectivity index (χ1v) is 49.1. The molecule has 1 aliphatic heterocycles. The zero-order chi connectivity index (χ0) is 106. The van der Waals surface area contributed by atoms with Crippen molar-refractivity contribution in [2.45, 2.75) is 312 Å². The van der Waals surface area contributed by atoms with Gasteiger partial charge >= 0.3 is 30.0 Å². The van der Waals surface area contributed by atoms with Crippen LogP contribution in [-0.4, -0.2) is 344 Å². The van der Waals surface area contributed by atoms with Crippen molar-refractivity contribution >= 4 is 107 Å². The van der Waals surface area contributed by atoms with E-state index in [9.17, 15) is 77.3 Å². The van der Waals surface area contributed by atoms with Gasteiger partial charge in [0.15, 0.2) is 18.1 Å². The molecule has 1 saturated heterocycles. The molecule has 140 heavy (non-hydrogen) atoms. The lowest BCUT2D eigenvalue weighted by atomic mass is 9.44. The van der Waals surface area contributed by atoms with E-state index < -0.39 is 277 Å². The molecule has 1 heterocycles. The zero-order valence-corrected chi connectivity index (χ0v) is 87.4. The summed E-state index contributed by atoms with van der Waals surface area (Å²) in [4.78, 5) is 264. The van der Waals surface area contributed by atoms with Crippen LogP contribution in [0.25, 0.3) is 0 Å². The van der Waals surface area contributed by atoms with Crippen molar-refractivity contribution in [2.75, 3.05) is 109 Å². The maximum absolute atomic E-state index is 17.6. The maximum atomic E-state index is 17.6. The lowest BCUT2D eigenvalue weighted by molar-refractivity contribution is -0.220. The summed E-state index contributed by atoms with van der Waals surface area (Å²) in [5.41, 5.74) is -6.23. The molecular weight excluding hydrogens is 1820 g/mol. The highest BCUT2D eigenvalue weighted by atomic mass is 19.1. The molecule has 5 aliphatic rings. The number of nitrogens with zero attached hydrogens (tertiary/aromatic N) is 7. The summed E-state index contributed by atoms with van der Waals surface area (Å²) in [5.74, 6) is -18.5. The number of hydrogen-bond donors (Lipinski definition) is 6. The van der Waals surface area contributed by atoms with Crippen LogP contribution in [0.5, 0.6) is 0 Å². The van der Waals surface area contributed by atoms with Crippen LogP contribution in [0, 0.1) is 70.0 Å². The van der Waals surface area contributed by atoms with Crippen LogP contribution in [0.1, 0.15) is 228 Å². The molecule has 0 bridgehead atoms. The summed E-state index contributed by atoms with van der Waals surface area (Å²) in [5, 5.41) is 34.8. The number of rotatable bonds is 36. The number of carbonyl (C=O) groups is 18. The number of aliphatic hydroxyl groups is 2. The largest absolute Gasteiger partial charge is 0.511 e. The van der Waals surface area contributed by atoms with E-state index in [-0.39, 0.29) is 120 Å². The number of ketones is 2. The average molecular weight is 1980 g/mol. The number of Topliss-reactive ketones (excluding diaryl/α,β-unsaturated/α-hetero) is 1. The Morgan fingerprint density at radius 3 is 1.51 bits per heavy atom. The van der Waals surface area contributed by atoms with Gasteiger partial charge in [0, 0.05) is 66.1 Å². The number of halogens is 1. The number of ether oxygens (including phenoxy) is 8. The highest BCUT2D eigenvalue weighted by Gasteiger charge is 2.76. The van der Waals surface area contributed by atoms with E-state index in [1.54, 1.807) is 81.4 Å². The van der Waals surface area contributed by atoms with Gasteiger partial charge in [-0.25, -0.2) is 9.18 Å². The number of amides is 11. The van der Waals surface area contributed by atoms with Gasteiger partial charge in [0.2, 0.25) is 77.6 Å². The molecule has 6 N–H and O–H groups in total. The van der Waals surface area contributed by atoms with Gasteiger partial charge in [-0.15, -0.1) is 0 Å². The molecule has 39 nitrogen and oxygen atoms in total. The number of hydrogen-bond acceptors (Lipinski definition) is 28. The zero-order valence-electron chi connectivity index (χ0n) is 87.4. The second kappa shape index (κ2) is 53.7. The number of esters is 4. The number of aliphatic hydroxyl groups excluding tert-OH is 1. The van der Waals surface area contributed by atoms with Gasteiger partial charge in [0.25, 0.3) is 0 Å². The van der Waals surface area contributed by atoms with Crippen LogP contribution in [0.3, 0.4) is 0 Å². The lowest BCUT2D eigenvalue weighted by Crippen LogP contribution is -2.69. The molecule has 0 aromatic carbocycles. The molecule has 0 aromatic rings. The van der Waals surface area contributed by atoms with Crippen molar-refractivity contribution in [3.63, 3.8) is 0 Å². The van der Waals surface area contributed by atoms with Gasteiger partial charge in [-0.3, -0.25) is 81.5 Å². The average Bonchev–Trinajstić information content (AvgIpc) is 1.50. The van der Waals surface area contributed by atoms with Gasteiger partial charge in [-0.2, -0.15) is 0 Å². The van der Waals surface area contributed by atoms with E-state index in [0.29, 0.717) is 18.4 Å². The predicted octanol–water partition coefficient (Wildman–Crippen LogP) is 6.07.